The van der Waals surface area contributed by atoms with Gasteiger partial charge in [-0.2, -0.15) is 0 Å². The number of rotatable bonds is 3. The van der Waals surface area contributed by atoms with Gasteiger partial charge in [0.1, 0.15) is 5.78 Å². The Labute approximate surface area is 136 Å². The molecule has 2 aromatic carbocycles. The summed E-state index contributed by atoms with van der Waals surface area (Å²) < 4.78 is 0. The molecule has 0 spiro atoms. The number of carbonyl (C=O) groups excluding carboxylic acids is 2. The molecule has 2 aromatic rings. The van der Waals surface area contributed by atoms with Crippen molar-refractivity contribution >= 4 is 17.4 Å². The second-order valence-electron chi connectivity index (χ2n) is 6.08. The van der Waals surface area contributed by atoms with E-state index in [1.54, 1.807) is 0 Å². The summed E-state index contributed by atoms with van der Waals surface area (Å²) in [5.74, 6) is 0.0726. The van der Waals surface area contributed by atoms with Crippen LogP contribution in [0.1, 0.15) is 36.5 Å². The van der Waals surface area contributed by atoms with Crippen molar-refractivity contribution in [2.45, 2.75) is 39.2 Å². The molecule has 3 rings (SSSR count). The number of hydrogen-bond donors (Lipinski definition) is 0. The van der Waals surface area contributed by atoms with E-state index in [1.165, 1.54) is 23.6 Å². The molecule has 0 saturated heterocycles. The number of hydrogen-bond acceptors (Lipinski definition) is 2. The molecule has 0 saturated carbocycles. The number of anilines is 1. The van der Waals surface area contributed by atoms with Gasteiger partial charge in [0.2, 0.25) is 5.91 Å². The van der Waals surface area contributed by atoms with E-state index in [0.717, 1.165) is 18.5 Å². The Morgan fingerprint density at radius 2 is 1.48 bits per heavy atom. The molecule has 0 bridgehead atoms. The van der Waals surface area contributed by atoms with Crippen molar-refractivity contribution in [1.82, 2.24) is 0 Å². The molecule has 0 aliphatic carbocycles. The number of ketones is 1. The number of aryl methyl sites for hydroxylation is 2. The Bertz CT molecular complexity index is 736. The fraction of sp³-hybridized carbons (Fsp3) is 0.300. The summed E-state index contributed by atoms with van der Waals surface area (Å²) in [6.45, 7) is 2.11. The number of nitrogens with zero attached hydrogens (tertiary/aromatic N) is 1. The van der Waals surface area contributed by atoms with Crippen LogP contribution in [0.2, 0.25) is 0 Å². The van der Waals surface area contributed by atoms with Crippen LogP contribution in [0.4, 0.5) is 5.69 Å². The molecule has 1 heterocycles. The van der Waals surface area contributed by atoms with Crippen LogP contribution in [0.25, 0.3) is 0 Å². The largest absolute Gasteiger partial charge is 0.308 e. The average molecular weight is 307 g/mol. The van der Waals surface area contributed by atoms with Gasteiger partial charge in [0.05, 0.1) is 6.54 Å². The van der Waals surface area contributed by atoms with Crippen molar-refractivity contribution in [2.24, 2.45) is 0 Å². The first-order chi connectivity index (χ1) is 11.1. The summed E-state index contributed by atoms with van der Waals surface area (Å²) in [6, 6.07) is 16.4. The van der Waals surface area contributed by atoms with Gasteiger partial charge in [-0.25, -0.2) is 0 Å². The van der Waals surface area contributed by atoms with Crippen molar-refractivity contribution in [3.63, 3.8) is 0 Å². The normalized spacial score (nSPS) is 13.5. The number of benzene rings is 2. The zero-order valence-corrected chi connectivity index (χ0v) is 13.4. The third-order valence-electron chi connectivity index (χ3n) is 4.38. The van der Waals surface area contributed by atoms with E-state index in [4.69, 9.17) is 0 Å². The SMILES string of the molecule is CC(=O)CCC(=O)N1Cc2ccccc2CCc2ccccc21. The highest BCUT2D eigenvalue weighted by Gasteiger charge is 2.22. The summed E-state index contributed by atoms with van der Waals surface area (Å²) in [7, 11) is 0. The zero-order valence-electron chi connectivity index (χ0n) is 13.4. The van der Waals surface area contributed by atoms with Gasteiger partial charge in [-0.15, -0.1) is 0 Å². The van der Waals surface area contributed by atoms with Crippen LogP contribution in [0, 0.1) is 0 Å². The van der Waals surface area contributed by atoms with Crippen LogP contribution in [0.15, 0.2) is 48.5 Å². The van der Waals surface area contributed by atoms with Crippen LogP contribution in [-0.2, 0) is 29.0 Å². The topological polar surface area (TPSA) is 37.4 Å². The predicted octanol–water partition coefficient (Wildman–Crippen LogP) is 3.69. The van der Waals surface area contributed by atoms with Crippen molar-refractivity contribution < 1.29 is 9.59 Å². The Balaban J connectivity index is 1.96. The maximum Gasteiger partial charge on any atom is 0.227 e. The first-order valence-corrected chi connectivity index (χ1v) is 8.09. The highest BCUT2D eigenvalue weighted by Crippen LogP contribution is 2.29. The summed E-state index contributed by atoms with van der Waals surface area (Å²) in [6.07, 6.45) is 2.48. The Kier molecular flexibility index (Phi) is 4.56. The van der Waals surface area contributed by atoms with Crippen molar-refractivity contribution in [3.8, 4) is 0 Å². The number of carbonyl (C=O) groups is 2. The summed E-state index contributed by atoms with van der Waals surface area (Å²) in [4.78, 5) is 25.8. The first kappa shape index (κ1) is 15.5. The number of para-hydroxylation sites is 1. The summed E-state index contributed by atoms with van der Waals surface area (Å²) in [5.41, 5.74) is 4.67. The van der Waals surface area contributed by atoms with Crippen molar-refractivity contribution in [3.05, 3.63) is 65.2 Å². The van der Waals surface area contributed by atoms with E-state index in [1.807, 2.05) is 35.2 Å². The Hall–Kier alpha value is -2.42. The maximum absolute atomic E-state index is 12.7. The van der Waals surface area contributed by atoms with E-state index in [9.17, 15) is 9.59 Å². The minimum absolute atomic E-state index is 0.0179. The average Bonchev–Trinajstić information content (AvgIpc) is 2.55. The van der Waals surface area contributed by atoms with E-state index in [2.05, 4.69) is 18.2 Å². The quantitative estimate of drug-likeness (QED) is 0.867. The number of fused-ring (bicyclic) bond motifs is 2. The smallest absolute Gasteiger partial charge is 0.227 e. The van der Waals surface area contributed by atoms with Crippen LogP contribution in [0.5, 0.6) is 0 Å². The van der Waals surface area contributed by atoms with Crippen LogP contribution >= 0.6 is 0 Å². The maximum atomic E-state index is 12.7. The first-order valence-electron chi connectivity index (χ1n) is 8.09. The molecular formula is C20H21NO2. The van der Waals surface area contributed by atoms with Gasteiger partial charge >= 0.3 is 0 Å². The molecule has 1 aliphatic rings. The van der Waals surface area contributed by atoms with E-state index < -0.39 is 0 Å². The molecule has 0 N–H and O–H groups in total. The molecule has 23 heavy (non-hydrogen) atoms. The summed E-state index contributed by atoms with van der Waals surface area (Å²) in [5, 5.41) is 0. The second kappa shape index (κ2) is 6.78. The minimum Gasteiger partial charge on any atom is -0.308 e. The third-order valence-corrected chi connectivity index (χ3v) is 4.38. The monoisotopic (exact) mass is 307 g/mol. The third kappa shape index (κ3) is 3.50. The zero-order chi connectivity index (χ0) is 16.2. The van der Waals surface area contributed by atoms with Crippen molar-refractivity contribution in [1.29, 1.82) is 0 Å². The lowest BCUT2D eigenvalue weighted by Gasteiger charge is -2.28. The fourth-order valence-corrected chi connectivity index (χ4v) is 3.11. The molecule has 0 fully saturated rings. The minimum atomic E-state index is 0.0179. The van der Waals surface area contributed by atoms with Gasteiger partial charge in [0.25, 0.3) is 0 Å². The lowest BCUT2D eigenvalue weighted by atomic mass is 9.95. The Morgan fingerprint density at radius 3 is 2.22 bits per heavy atom. The second-order valence-corrected chi connectivity index (χ2v) is 6.08. The molecule has 0 aromatic heterocycles. The molecule has 1 amide bonds. The van der Waals surface area contributed by atoms with Gasteiger partial charge in [-0.05, 0) is 42.5 Å². The molecule has 0 atom stereocenters. The summed E-state index contributed by atoms with van der Waals surface area (Å²) >= 11 is 0. The van der Waals surface area contributed by atoms with Crippen LogP contribution < -0.4 is 4.90 Å². The fourth-order valence-electron chi connectivity index (χ4n) is 3.11. The Morgan fingerprint density at radius 1 is 0.870 bits per heavy atom. The lowest BCUT2D eigenvalue weighted by molar-refractivity contribution is -0.123. The van der Waals surface area contributed by atoms with Crippen molar-refractivity contribution in [2.75, 3.05) is 4.90 Å². The molecule has 1 aliphatic heterocycles. The number of Topliss-reactive ketones (excluding diaryl/α,β-unsaturated/α-hetero) is 1. The highest BCUT2D eigenvalue weighted by molar-refractivity contribution is 5.96. The standard InChI is InChI=1S/C20H21NO2/c1-15(22)10-13-20(23)21-14-18-8-3-2-6-16(18)11-12-17-7-4-5-9-19(17)21/h2-9H,10-14H2,1H3. The molecule has 3 heteroatoms. The predicted molar refractivity (Wildman–Crippen MR) is 91.4 cm³/mol. The van der Waals surface area contributed by atoms with Gasteiger partial charge in [-0.3, -0.25) is 4.79 Å². The molecular weight excluding hydrogens is 286 g/mol. The molecule has 3 nitrogen and oxygen atoms in total. The van der Waals surface area contributed by atoms with Gasteiger partial charge in [-0.1, -0.05) is 42.5 Å². The van der Waals surface area contributed by atoms with Gasteiger partial charge < -0.3 is 9.69 Å². The van der Waals surface area contributed by atoms with E-state index in [0.29, 0.717) is 13.0 Å². The van der Waals surface area contributed by atoms with E-state index >= 15 is 0 Å². The highest BCUT2D eigenvalue weighted by atomic mass is 16.2. The van der Waals surface area contributed by atoms with Crippen LogP contribution in [0.3, 0.4) is 0 Å². The molecule has 0 radical (unpaired) electrons. The van der Waals surface area contributed by atoms with E-state index in [-0.39, 0.29) is 18.1 Å². The molecule has 0 unspecified atom stereocenters. The lowest BCUT2D eigenvalue weighted by Crippen LogP contribution is -2.32. The molecule has 118 valence electrons. The number of amides is 1. The van der Waals surface area contributed by atoms with Gasteiger partial charge in [0.15, 0.2) is 0 Å². The van der Waals surface area contributed by atoms with Crippen LogP contribution in [-0.4, -0.2) is 11.7 Å². The van der Waals surface area contributed by atoms with Gasteiger partial charge in [0, 0.05) is 18.5 Å².